The standard InChI is InChI=1S/C17H21N3O3.ClH/c1-21-13-4-5-14-11(9-13)8-12(10-22-14)15-19-16(20-23-15)17(18)6-2-3-7-17;/h4-5,9,12H,2-3,6-8,10,18H2,1H3;1H. The molecule has 1 fully saturated rings. The number of nitrogens with two attached hydrogens (primary N) is 1. The molecule has 2 heterocycles. The summed E-state index contributed by atoms with van der Waals surface area (Å²) in [4.78, 5) is 4.59. The van der Waals surface area contributed by atoms with E-state index in [4.69, 9.17) is 19.7 Å². The average molecular weight is 352 g/mol. The van der Waals surface area contributed by atoms with Crippen molar-refractivity contribution in [3.8, 4) is 11.5 Å². The molecule has 1 atom stereocenters. The van der Waals surface area contributed by atoms with Crippen LogP contribution in [0.5, 0.6) is 11.5 Å². The summed E-state index contributed by atoms with van der Waals surface area (Å²) in [6.45, 7) is 0.540. The number of aromatic nitrogens is 2. The molecule has 1 saturated carbocycles. The lowest BCUT2D eigenvalue weighted by molar-refractivity contribution is 0.229. The van der Waals surface area contributed by atoms with E-state index < -0.39 is 5.54 Å². The van der Waals surface area contributed by atoms with Crippen LogP contribution in [0.25, 0.3) is 0 Å². The molecule has 6 nitrogen and oxygen atoms in total. The number of nitrogens with zero attached hydrogens (tertiary/aromatic N) is 2. The van der Waals surface area contributed by atoms with E-state index in [1.807, 2.05) is 18.2 Å². The van der Waals surface area contributed by atoms with Gasteiger partial charge in [0.15, 0.2) is 5.82 Å². The van der Waals surface area contributed by atoms with Gasteiger partial charge in [0, 0.05) is 0 Å². The van der Waals surface area contributed by atoms with Gasteiger partial charge >= 0.3 is 0 Å². The number of hydrogen-bond donors (Lipinski definition) is 1. The first kappa shape index (κ1) is 17.0. The van der Waals surface area contributed by atoms with E-state index in [9.17, 15) is 0 Å². The third kappa shape index (κ3) is 2.96. The van der Waals surface area contributed by atoms with Gasteiger partial charge in [-0.25, -0.2) is 0 Å². The zero-order valence-corrected chi connectivity index (χ0v) is 14.5. The molecule has 4 rings (SSSR count). The van der Waals surface area contributed by atoms with Crippen LogP contribution >= 0.6 is 12.4 Å². The Hall–Kier alpha value is -1.79. The summed E-state index contributed by atoms with van der Waals surface area (Å²) < 4.78 is 16.6. The van der Waals surface area contributed by atoms with Crippen LogP contribution in [0.1, 0.15) is 48.9 Å². The normalized spacial score (nSPS) is 21.5. The quantitative estimate of drug-likeness (QED) is 0.915. The minimum Gasteiger partial charge on any atom is -0.497 e. The Bertz CT molecular complexity index is 713. The van der Waals surface area contributed by atoms with Gasteiger partial charge in [-0.05, 0) is 43.0 Å². The number of ether oxygens (including phenoxy) is 2. The fraction of sp³-hybridized carbons (Fsp3) is 0.529. The molecular weight excluding hydrogens is 330 g/mol. The van der Waals surface area contributed by atoms with E-state index >= 15 is 0 Å². The third-order valence-electron chi connectivity index (χ3n) is 4.91. The number of fused-ring (bicyclic) bond motifs is 1. The minimum atomic E-state index is -0.418. The third-order valence-corrected chi connectivity index (χ3v) is 4.91. The summed E-state index contributed by atoms with van der Waals surface area (Å²) in [7, 11) is 1.66. The Labute approximate surface area is 147 Å². The molecule has 1 aliphatic carbocycles. The average Bonchev–Trinajstić information content (AvgIpc) is 3.24. The lowest BCUT2D eigenvalue weighted by atomic mass is 9.96. The number of rotatable bonds is 3. The fourth-order valence-electron chi connectivity index (χ4n) is 3.49. The summed E-state index contributed by atoms with van der Waals surface area (Å²) in [6.07, 6.45) is 4.90. The molecular formula is C17H22ClN3O3. The molecule has 2 aliphatic rings. The van der Waals surface area contributed by atoms with Crippen molar-refractivity contribution in [2.24, 2.45) is 5.73 Å². The predicted molar refractivity (Wildman–Crippen MR) is 90.8 cm³/mol. The molecule has 1 unspecified atom stereocenters. The summed E-state index contributed by atoms with van der Waals surface area (Å²) >= 11 is 0. The van der Waals surface area contributed by atoms with E-state index in [1.54, 1.807) is 7.11 Å². The predicted octanol–water partition coefficient (Wildman–Crippen LogP) is 2.95. The zero-order valence-electron chi connectivity index (χ0n) is 13.7. The molecule has 0 amide bonds. The molecule has 2 aromatic rings. The topological polar surface area (TPSA) is 83.4 Å². The second-order valence-electron chi connectivity index (χ2n) is 6.51. The van der Waals surface area contributed by atoms with Gasteiger partial charge in [-0.2, -0.15) is 4.98 Å². The van der Waals surface area contributed by atoms with Gasteiger partial charge in [-0.3, -0.25) is 0 Å². The maximum Gasteiger partial charge on any atom is 0.233 e. The van der Waals surface area contributed by atoms with Crippen LogP contribution in [-0.2, 0) is 12.0 Å². The van der Waals surface area contributed by atoms with Crippen LogP contribution in [-0.4, -0.2) is 23.9 Å². The maximum atomic E-state index is 6.40. The Morgan fingerprint density at radius 3 is 2.83 bits per heavy atom. The van der Waals surface area contributed by atoms with E-state index in [-0.39, 0.29) is 18.3 Å². The molecule has 0 bridgehead atoms. The first-order chi connectivity index (χ1) is 11.2. The molecule has 7 heteroatoms. The molecule has 1 aromatic heterocycles. The SMILES string of the molecule is COc1ccc2c(c1)CC(c1nc(C3(N)CCCC3)no1)CO2.Cl. The van der Waals surface area contributed by atoms with Gasteiger partial charge in [-0.1, -0.05) is 18.0 Å². The van der Waals surface area contributed by atoms with Crippen molar-refractivity contribution in [2.45, 2.75) is 43.6 Å². The highest BCUT2D eigenvalue weighted by molar-refractivity contribution is 5.85. The summed E-state index contributed by atoms with van der Waals surface area (Å²) in [6, 6.07) is 5.85. The zero-order chi connectivity index (χ0) is 15.9. The van der Waals surface area contributed by atoms with Crippen LogP contribution in [0.3, 0.4) is 0 Å². The van der Waals surface area contributed by atoms with Crippen molar-refractivity contribution < 1.29 is 14.0 Å². The molecule has 1 aromatic carbocycles. The summed E-state index contributed by atoms with van der Waals surface area (Å²) in [5.74, 6) is 3.03. The van der Waals surface area contributed by atoms with Crippen LogP contribution in [0.15, 0.2) is 22.7 Å². The second kappa shape index (κ2) is 6.61. The largest absolute Gasteiger partial charge is 0.497 e. The number of methoxy groups -OCH3 is 1. The highest BCUT2D eigenvalue weighted by atomic mass is 35.5. The van der Waals surface area contributed by atoms with Gasteiger partial charge < -0.3 is 19.7 Å². The van der Waals surface area contributed by atoms with E-state index in [2.05, 4.69) is 10.1 Å². The monoisotopic (exact) mass is 351 g/mol. The van der Waals surface area contributed by atoms with Gasteiger partial charge in [0.25, 0.3) is 0 Å². The van der Waals surface area contributed by atoms with Gasteiger partial charge in [0.05, 0.1) is 18.6 Å². The van der Waals surface area contributed by atoms with E-state index in [1.165, 1.54) is 0 Å². The molecule has 0 spiro atoms. The smallest absolute Gasteiger partial charge is 0.233 e. The van der Waals surface area contributed by atoms with Gasteiger partial charge in [0.1, 0.15) is 18.1 Å². The number of halogens is 1. The highest BCUT2D eigenvalue weighted by Gasteiger charge is 2.37. The molecule has 130 valence electrons. The van der Waals surface area contributed by atoms with Crippen molar-refractivity contribution in [3.05, 3.63) is 35.5 Å². The maximum absolute atomic E-state index is 6.40. The van der Waals surface area contributed by atoms with Crippen LogP contribution < -0.4 is 15.2 Å². The lowest BCUT2D eigenvalue weighted by Gasteiger charge is -2.23. The van der Waals surface area contributed by atoms with Crippen molar-refractivity contribution in [1.82, 2.24) is 10.1 Å². The van der Waals surface area contributed by atoms with Crippen LogP contribution in [0.2, 0.25) is 0 Å². The van der Waals surface area contributed by atoms with Crippen molar-refractivity contribution in [2.75, 3.05) is 13.7 Å². The van der Waals surface area contributed by atoms with E-state index in [0.29, 0.717) is 18.3 Å². The number of benzene rings is 1. The highest BCUT2D eigenvalue weighted by Crippen LogP contribution is 2.37. The lowest BCUT2D eigenvalue weighted by Crippen LogP contribution is -2.34. The van der Waals surface area contributed by atoms with Crippen LogP contribution in [0, 0.1) is 0 Å². The minimum absolute atomic E-state index is 0. The van der Waals surface area contributed by atoms with Crippen molar-refractivity contribution in [1.29, 1.82) is 0 Å². The Kier molecular flexibility index (Phi) is 4.69. The summed E-state index contributed by atoms with van der Waals surface area (Å²) in [5.41, 5.74) is 7.09. The number of hydrogen-bond acceptors (Lipinski definition) is 6. The first-order valence-corrected chi connectivity index (χ1v) is 8.11. The molecule has 24 heavy (non-hydrogen) atoms. The molecule has 0 saturated heterocycles. The fourth-order valence-corrected chi connectivity index (χ4v) is 3.49. The Morgan fingerprint density at radius 1 is 1.29 bits per heavy atom. The second-order valence-corrected chi connectivity index (χ2v) is 6.51. The van der Waals surface area contributed by atoms with E-state index in [0.717, 1.165) is 49.2 Å². The molecule has 0 radical (unpaired) electrons. The van der Waals surface area contributed by atoms with Crippen molar-refractivity contribution >= 4 is 12.4 Å². The van der Waals surface area contributed by atoms with Gasteiger partial charge in [0.2, 0.25) is 5.89 Å². The van der Waals surface area contributed by atoms with Crippen molar-refractivity contribution in [3.63, 3.8) is 0 Å². The first-order valence-electron chi connectivity index (χ1n) is 8.11. The molecule has 2 N–H and O–H groups in total. The van der Waals surface area contributed by atoms with Crippen LogP contribution in [0.4, 0.5) is 0 Å². The molecule has 1 aliphatic heterocycles. The Morgan fingerprint density at radius 2 is 2.08 bits per heavy atom. The Balaban J connectivity index is 0.00000169. The summed E-state index contributed by atoms with van der Waals surface area (Å²) in [5, 5.41) is 4.14. The van der Waals surface area contributed by atoms with Gasteiger partial charge in [-0.15, -0.1) is 12.4 Å².